The van der Waals surface area contributed by atoms with Gasteiger partial charge in [0.15, 0.2) is 0 Å². The minimum atomic E-state index is -3.65. The molecule has 1 unspecified atom stereocenters. The molecule has 2 amide bonds. The minimum absolute atomic E-state index is 0.140. The highest BCUT2D eigenvalue weighted by Gasteiger charge is 2.30. The molecule has 0 saturated carbocycles. The molecule has 9 heteroatoms. The molecule has 2 aromatic rings. The van der Waals surface area contributed by atoms with E-state index in [0.29, 0.717) is 17.0 Å². The fraction of sp³-hybridized carbons (Fsp3) is 0.350. The molecule has 0 spiro atoms. The number of benzene rings is 2. The molecule has 1 N–H and O–H groups in total. The van der Waals surface area contributed by atoms with Crippen molar-refractivity contribution in [1.82, 2.24) is 14.5 Å². The van der Waals surface area contributed by atoms with Gasteiger partial charge in [-0.15, -0.1) is 0 Å². The van der Waals surface area contributed by atoms with Crippen LogP contribution in [0.1, 0.15) is 12.5 Å². The third-order valence-electron chi connectivity index (χ3n) is 4.81. The molecule has 0 aromatic heterocycles. The van der Waals surface area contributed by atoms with Crippen LogP contribution in [0.3, 0.4) is 0 Å². The van der Waals surface area contributed by atoms with Gasteiger partial charge in [0.1, 0.15) is 5.82 Å². The number of amides is 2. The molecule has 0 aliphatic carbocycles. The Hall–Kier alpha value is -2.16. The van der Waals surface area contributed by atoms with Crippen molar-refractivity contribution in [2.45, 2.75) is 24.3 Å². The summed E-state index contributed by atoms with van der Waals surface area (Å²) in [5.74, 6) is -0.298. The lowest BCUT2D eigenvalue weighted by Crippen LogP contribution is -2.54. The molecule has 1 fully saturated rings. The zero-order chi connectivity index (χ0) is 21.0. The predicted molar refractivity (Wildman–Crippen MR) is 110 cm³/mol. The van der Waals surface area contributed by atoms with Gasteiger partial charge in [0.05, 0.1) is 4.90 Å². The van der Waals surface area contributed by atoms with E-state index in [1.807, 2.05) is 6.92 Å². The van der Waals surface area contributed by atoms with E-state index in [1.165, 1.54) is 22.5 Å². The van der Waals surface area contributed by atoms with Crippen LogP contribution < -0.4 is 5.32 Å². The van der Waals surface area contributed by atoms with E-state index < -0.39 is 10.0 Å². The molecule has 0 radical (unpaired) electrons. The maximum atomic E-state index is 13.8. The Labute approximate surface area is 175 Å². The summed E-state index contributed by atoms with van der Waals surface area (Å²) in [5.41, 5.74) is 0.540. The van der Waals surface area contributed by atoms with Crippen molar-refractivity contribution < 1.29 is 17.6 Å². The van der Waals surface area contributed by atoms with Crippen LogP contribution >= 0.6 is 11.6 Å². The largest absolute Gasteiger partial charge is 0.335 e. The van der Waals surface area contributed by atoms with Gasteiger partial charge >= 0.3 is 6.03 Å². The maximum absolute atomic E-state index is 13.8. The van der Waals surface area contributed by atoms with Crippen molar-refractivity contribution in [3.8, 4) is 0 Å². The number of rotatable bonds is 5. The first kappa shape index (κ1) is 21.5. The number of carbonyl (C=O) groups is 1. The van der Waals surface area contributed by atoms with Crippen LogP contribution in [-0.2, 0) is 16.4 Å². The average Bonchev–Trinajstić information content (AvgIpc) is 2.70. The Morgan fingerprint density at radius 2 is 1.83 bits per heavy atom. The second-order valence-corrected chi connectivity index (χ2v) is 9.37. The molecule has 2 aromatic carbocycles. The number of hydrogen-bond donors (Lipinski definition) is 1. The second kappa shape index (κ2) is 9.11. The van der Waals surface area contributed by atoms with E-state index >= 15 is 0 Å². The minimum Gasteiger partial charge on any atom is -0.335 e. The molecule has 6 nitrogen and oxygen atoms in total. The summed E-state index contributed by atoms with van der Waals surface area (Å²) in [5, 5.41) is 3.21. The molecular weight excluding hydrogens is 417 g/mol. The number of carbonyl (C=O) groups excluding carboxylic acids is 1. The van der Waals surface area contributed by atoms with Crippen LogP contribution in [0.2, 0.25) is 5.02 Å². The lowest BCUT2D eigenvalue weighted by molar-refractivity contribution is 0.169. The average molecular weight is 440 g/mol. The number of urea groups is 1. The fourth-order valence-electron chi connectivity index (χ4n) is 3.25. The Morgan fingerprint density at radius 1 is 1.14 bits per heavy atom. The third-order valence-corrected chi connectivity index (χ3v) is 6.94. The summed E-state index contributed by atoms with van der Waals surface area (Å²) in [4.78, 5) is 14.2. The van der Waals surface area contributed by atoms with Gasteiger partial charge in [0.2, 0.25) is 10.0 Å². The summed E-state index contributed by atoms with van der Waals surface area (Å²) in [6.45, 7) is 2.76. The quantitative estimate of drug-likeness (QED) is 0.778. The Morgan fingerprint density at radius 3 is 2.48 bits per heavy atom. The topological polar surface area (TPSA) is 69.7 Å². The molecule has 29 heavy (non-hydrogen) atoms. The molecular formula is C20H23ClFN3O3S. The lowest BCUT2D eigenvalue weighted by Gasteiger charge is -2.34. The number of hydrogen-bond acceptors (Lipinski definition) is 3. The number of nitrogens with zero attached hydrogens (tertiary/aromatic N) is 2. The molecule has 1 aliphatic rings. The van der Waals surface area contributed by atoms with Crippen LogP contribution in [0, 0.1) is 5.82 Å². The van der Waals surface area contributed by atoms with Crippen molar-refractivity contribution in [3.63, 3.8) is 0 Å². The zero-order valence-electron chi connectivity index (χ0n) is 16.0. The van der Waals surface area contributed by atoms with Gasteiger partial charge in [0.25, 0.3) is 0 Å². The maximum Gasteiger partial charge on any atom is 0.317 e. The van der Waals surface area contributed by atoms with Crippen molar-refractivity contribution in [2.24, 2.45) is 0 Å². The monoisotopic (exact) mass is 439 g/mol. The number of piperazine rings is 1. The Bertz CT molecular complexity index is 978. The number of sulfonamides is 1. The van der Waals surface area contributed by atoms with Gasteiger partial charge in [-0.2, -0.15) is 4.31 Å². The first-order valence-corrected chi connectivity index (χ1v) is 11.1. The van der Waals surface area contributed by atoms with E-state index in [9.17, 15) is 17.6 Å². The molecule has 1 atom stereocenters. The van der Waals surface area contributed by atoms with Gasteiger partial charge in [0, 0.05) is 37.2 Å². The van der Waals surface area contributed by atoms with E-state index in [-0.39, 0.29) is 49.0 Å². The highest BCUT2D eigenvalue weighted by molar-refractivity contribution is 7.89. The Balaban J connectivity index is 1.55. The highest BCUT2D eigenvalue weighted by atomic mass is 35.5. The lowest BCUT2D eigenvalue weighted by atomic mass is 10.1. The molecule has 1 heterocycles. The van der Waals surface area contributed by atoms with Gasteiger partial charge in [-0.3, -0.25) is 0 Å². The molecule has 1 aliphatic heterocycles. The van der Waals surface area contributed by atoms with Crippen molar-refractivity contribution in [2.75, 3.05) is 26.2 Å². The summed E-state index contributed by atoms with van der Waals surface area (Å²) in [7, 11) is -3.65. The smallest absolute Gasteiger partial charge is 0.317 e. The van der Waals surface area contributed by atoms with Gasteiger partial charge in [-0.05, 0) is 43.2 Å². The molecule has 3 rings (SSSR count). The normalized spacial score (nSPS) is 16.4. The van der Waals surface area contributed by atoms with Gasteiger partial charge in [-0.25, -0.2) is 17.6 Å². The second-order valence-electron chi connectivity index (χ2n) is 6.99. The molecule has 156 valence electrons. The Kier molecular flexibility index (Phi) is 6.77. The van der Waals surface area contributed by atoms with E-state index in [2.05, 4.69) is 5.32 Å². The summed E-state index contributed by atoms with van der Waals surface area (Å²) in [6.07, 6.45) is 0.377. The van der Waals surface area contributed by atoms with Crippen molar-refractivity contribution >= 4 is 27.7 Å². The number of nitrogens with one attached hydrogen (secondary N) is 1. The van der Waals surface area contributed by atoms with Crippen LogP contribution in [0.4, 0.5) is 9.18 Å². The van der Waals surface area contributed by atoms with Crippen LogP contribution in [0.25, 0.3) is 0 Å². The zero-order valence-corrected chi connectivity index (χ0v) is 17.6. The van der Waals surface area contributed by atoms with Crippen molar-refractivity contribution in [1.29, 1.82) is 0 Å². The van der Waals surface area contributed by atoms with Crippen LogP contribution in [0.5, 0.6) is 0 Å². The summed E-state index contributed by atoms with van der Waals surface area (Å²) in [6, 6.07) is 12.1. The fourth-order valence-corrected chi connectivity index (χ4v) is 4.98. The van der Waals surface area contributed by atoms with Crippen LogP contribution in [-0.4, -0.2) is 55.9 Å². The first-order chi connectivity index (χ1) is 13.8. The van der Waals surface area contributed by atoms with E-state index in [1.54, 1.807) is 35.2 Å². The first-order valence-electron chi connectivity index (χ1n) is 9.32. The standard InChI is InChI=1S/C20H23ClFN3O3S/c1-15(13-16-5-2-3-8-19(16)22)23-20(26)24-9-11-25(12-10-24)29(27,28)18-7-4-6-17(21)14-18/h2-8,14-15H,9-13H2,1H3,(H,23,26). The molecule has 1 saturated heterocycles. The van der Waals surface area contributed by atoms with Crippen molar-refractivity contribution in [3.05, 3.63) is 64.9 Å². The third kappa shape index (κ3) is 5.26. The predicted octanol–water partition coefficient (Wildman–Crippen LogP) is 3.13. The van der Waals surface area contributed by atoms with Gasteiger partial charge < -0.3 is 10.2 Å². The highest BCUT2D eigenvalue weighted by Crippen LogP contribution is 2.21. The SMILES string of the molecule is CC(Cc1ccccc1F)NC(=O)N1CCN(S(=O)(=O)c2cccc(Cl)c2)CC1. The number of halogens is 2. The summed E-state index contributed by atoms with van der Waals surface area (Å²) >= 11 is 5.90. The van der Waals surface area contributed by atoms with E-state index in [0.717, 1.165) is 0 Å². The van der Waals surface area contributed by atoms with Gasteiger partial charge in [-0.1, -0.05) is 35.9 Å². The van der Waals surface area contributed by atoms with E-state index in [4.69, 9.17) is 11.6 Å². The van der Waals surface area contributed by atoms with Crippen LogP contribution in [0.15, 0.2) is 53.4 Å². The summed E-state index contributed by atoms with van der Waals surface area (Å²) < 4.78 is 40.6. The molecule has 0 bridgehead atoms.